The van der Waals surface area contributed by atoms with Gasteiger partial charge in [-0.3, -0.25) is 4.79 Å². The molecule has 184 valence electrons. The fraction of sp³-hybridized carbons (Fsp3) is 0.207. The third kappa shape index (κ3) is 5.86. The number of esters is 1. The first-order valence-electron chi connectivity index (χ1n) is 11.8. The van der Waals surface area contributed by atoms with Crippen molar-refractivity contribution in [3.63, 3.8) is 0 Å². The summed E-state index contributed by atoms with van der Waals surface area (Å²) >= 11 is 1.08. The monoisotopic (exact) mass is 501 g/mol. The summed E-state index contributed by atoms with van der Waals surface area (Å²) in [6.45, 7) is 4.14. The van der Waals surface area contributed by atoms with E-state index in [-0.39, 0.29) is 35.3 Å². The third-order valence-electron chi connectivity index (χ3n) is 5.51. The molecular weight excluding hydrogens is 474 g/mol. The molecule has 1 aliphatic rings. The van der Waals surface area contributed by atoms with Gasteiger partial charge < -0.3 is 14.6 Å². The Balaban J connectivity index is 1.52. The average molecular weight is 502 g/mol. The summed E-state index contributed by atoms with van der Waals surface area (Å²) in [5.74, 6) is -0.573. The molecule has 0 saturated heterocycles. The van der Waals surface area contributed by atoms with Crippen LogP contribution >= 0.6 is 11.8 Å². The van der Waals surface area contributed by atoms with Crippen molar-refractivity contribution < 1.29 is 24.2 Å². The number of fused-ring (bicyclic) bond motifs is 1. The molecule has 3 aromatic carbocycles. The first kappa shape index (κ1) is 25.3. The molecule has 0 radical (unpaired) electrons. The van der Waals surface area contributed by atoms with Crippen LogP contribution in [0.15, 0.2) is 88.0 Å². The number of amides is 1. The van der Waals surface area contributed by atoms with Gasteiger partial charge in [0.2, 0.25) is 5.91 Å². The largest absolute Gasteiger partial charge is 0.506 e. The van der Waals surface area contributed by atoms with Crippen LogP contribution in [0.25, 0.3) is 16.8 Å². The molecule has 0 aliphatic carbocycles. The van der Waals surface area contributed by atoms with Crippen LogP contribution in [0.4, 0.5) is 0 Å². The number of hydrogen-bond acceptors (Lipinski definition) is 6. The van der Waals surface area contributed by atoms with Crippen molar-refractivity contribution in [3.8, 4) is 5.75 Å². The first-order valence-corrected chi connectivity index (χ1v) is 12.6. The van der Waals surface area contributed by atoms with Crippen molar-refractivity contribution in [2.24, 2.45) is 4.99 Å². The van der Waals surface area contributed by atoms with E-state index in [2.05, 4.69) is 29.3 Å². The van der Waals surface area contributed by atoms with Crippen molar-refractivity contribution in [1.29, 1.82) is 0 Å². The number of aliphatic hydroxyl groups excluding tert-OH is 1. The Kier molecular flexibility index (Phi) is 8.23. The molecule has 7 heteroatoms. The molecule has 1 amide bonds. The standard InChI is InChI=1S/C29H27NO5S/c1-3-8-25(31)30-28-26(29(33)34-4-2)27(32)24(36-28)17-19-13-15-22(16-14-19)35-18-21-11-7-10-20-9-5-6-12-23(20)21/h5-7,9-17,32H,3-4,8,18H2,1-2H3/b24-17-,30-28?. The van der Waals surface area contributed by atoms with E-state index in [1.165, 1.54) is 5.39 Å². The van der Waals surface area contributed by atoms with Gasteiger partial charge >= 0.3 is 5.97 Å². The molecule has 1 heterocycles. The van der Waals surface area contributed by atoms with Crippen LogP contribution < -0.4 is 4.74 Å². The lowest BCUT2D eigenvalue weighted by atomic mass is 10.1. The molecule has 0 aromatic heterocycles. The predicted molar refractivity (Wildman–Crippen MR) is 144 cm³/mol. The molecule has 0 unspecified atom stereocenters. The van der Waals surface area contributed by atoms with Gasteiger partial charge in [0.15, 0.2) is 0 Å². The van der Waals surface area contributed by atoms with Gasteiger partial charge in [0, 0.05) is 6.42 Å². The molecule has 1 aliphatic heterocycles. The molecule has 6 nitrogen and oxygen atoms in total. The quantitative estimate of drug-likeness (QED) is 0.350. The summed E-state index contributed by atoms with van der Waals surface area (Å²) in [6.07, 6.45) is 2.64. The second-order valence-electron chi connectivity index (χ2n) is 8.11. The van der Waals surface area contributed by atoms with Crippen LogP contribution in [0.2, 0.25) is 0 Å². The first-order chi connectivity index (χ1) is 17.5. The van der Waals surface area contributed by atoms with E-state index in [0.717, 1.165) is 28.3 Å². The molecule has 4 rings (SSSR count). The van der Waals surface area contributed by atoms with Crippen LogP contribution in [0.3, 0.4) is 0 Å². The highest BCUT2D eigenvalue weighted by Crippen LogP contribution is 2.39. The van der Waals surface area contributed by atoms with E-state index in [0.29, 0.717) is 23.7 Å². The van der Waals surface area contributed by atoms with Crippen molar-refractivity contribution >= 4 is 45.5 Å². The van der Waals surface area contributed by atoms with Gasteiger partial charge in [-0.05, 0) is 53.5 Å². The van der Waals surface area contributed by atoms with E-state index in [9.17, 15) is 14.7 Å². The zero-order valence-electron chi connectivity index (χ0n) is 20.2. The second kappa shape index (κ2) is 11.7. The van der Waals surface area contributed by atoms with Crippen LogP contribution in [-0.2, 0) is 20.9 Å². The molecule has 0 bridgehead atoms. The highest BCUT2D eigenvalue weighted by atomic mass is 32.2. The zero-order valence-corrected chi connectivity index (χ0v) is 21.0. The average Bonchev–Trinajstić information content (AvgIpc) is 3.18. The van der Waals surface area contributed by atoms with E-state index in [1.54, 1.807) is 13.0 Å². The number of thioether (sulfide) groups is 1. The lowest BCUT2D eigenvalue weighted by Crippen LogP contribution is -2.14. The van der Waals surface area contributed by atoms with E-state index < -0.39 is 5.97 Å². The number of aliphatic hydroxyl groups is 1. The number of hydrogen-bond donors (Lipinski definition) is 1. The molecule has 3 aromatic rings. The summed E-state index contributed by atoms with van der Waals surface area (Å²) in [6, 6.07) is 21.8. The fourth-order valence-electron chi connectivity index (χ4n) is 3.77. The van der Waals surface area contributed by atoms with Gasteiger partial charge in [-0.25, -0.2) is 9.79 Å². The Labute approximate surface area is 214 Å². The van der Waals surface area contributed by atoms with Gasteiger partial charge in [-0.15, -0.1) is 0 Å². The maximum absolute atomic E-state index is 12.4. The van der Waals surface area contributed by atoms with Gasteiger partial charge in [0.1, 0.15) is 28.7 Å². The third-order valence-corrected chi connectivity index (χ3v) is 6.53. The van der Waals surface area contributed by atoms with Crippen molar-refractivity contribution in [2.75, 3.05) is 6.61 Å². The Hall–Kier alpha value is -3.84. The van der Waals surface area contributed by atoms with E-state index in [1.807, 2.05) is 49.4 Å². The minimum Gasteiger partial charge on any atom is -0.506 e. The lowest BCUT2D eigenvalue weighted by Gasteiger charge is -2.09. The lowest BCUT2D eigenvalue weighted by molar-refractivity contribution is -0.138. The van der Waals surface area contributed by atoms with Crippen LogP contribution in [0.1, 0.15) is 37.8 Å². The summed E-state index contributed by atoms with van der Waals surface area (Å²) in [5, 5.41) is 13.2. The van der Waals surface area contributed by atoms with Gasteiger partial charge in [0.25, 0.3) is 0 Å². The number of carbonyl (C=O) groups is 2. The number of nitrogens with zero attached hydrogens (tertiary/aromatic N) is 1. The molecule has 0 atom stereocenters. The minimum atomic E-state index is -0.703. The van der Waals surface area contributed by atoms with Crippen LogP contribution in [-0.4, -0.2) is 28.6 Å². The summed E-state index contributed by atoms with van der Waals surface area (Å²) in [5.41, 5.74) is 1.83. The smallest absolute Gasteiger partial charge is 0.344 e. The SMILES string of the molecule is CCCC(=O)N=C1S/C(=C\c2ccc(OCc3cccc4ccccc34)cc2)C(O)=C1C(=O)OCC. The number of aliphatic imine (C=N–C) groups is 1. The molecule has 0 spiro atoms. The second-order valence-corrected chi connectivity index (χ2v) is 9.14. The van der Waals surface area contributed by atoms with Gasteiger partial charge in [0.05, 0.1) is 11.5 Å². The Morgan fingerprint density at radius 3 is 2.50 bits per heavy atom. The molecule has 0 fully saturated rings. The highest BCUT2D eigenvalue weighted by Gasteiger charge is 2.33. The number of benzene rings is 3. The maximum atomic E-state index is 12.4. The molecule has 36 heavy (non-hydrogen) atoms. The highest BCUT2D eigenvalue weighted by molar-refractivity contribution is 8.18. The van der Waals surface area contributed by atoms with E-state index in [4.69, 9.17) is 9.47 Å². The van der Waals surface area contributed by atoms with Crippen molar-refractivity contribution in [2.45, 2.75) is 33.3 Å². The minimum absolute atomic E-state index is 0.0763. The van der Waals surface area contributed by atoms with Crippen molar-refractivity contribution in [1.82, 2.24) is 0 Å². The number of rotatable bonds is 8. The normalized spacial score (nSPS) is 15.6. The number of carbonyl (C=O) groups excluding carboxylic acids is 2. The Bertz CT molecular complexity index is 1370. The Morgan fingerprint density at radius 1 is 1.00 bits per heavy atom. The summed E-state index contributed by atoms with van der Waals surface area (Å²) in [4.78, 5) is 29.0. The summed E-state index contributed by atoms with van der Waals surface area (Å²) in [7, 11) is 0. The predicted octanol–water partition coefficient (Wildman–Crippen LogP) is 6.61. The fourth-order valence-corrected chi connectivity index (χ4v) is 4.80. The van der Waals surface area contributed by atoms with Crippen LogP contribution in [0.5, 0.6) is 5.75 Å². The summed E-state index contributed by atoms with van der Waals surface area (Å²) < 4.78 is 11.1. The zero-order chi connectivity index (χ0) is 25.5. The van der Waals surface area contributed by atoms with Crippen molar-refractivity contribution in [3.05, 3.63) is 94.1 Å². The maximum Gasteiger partial charge on any atom is 0.344 e. The van der Waals surface area contributed by atoms with E-state index >= 15 is 0 Å². The Morgan fingerprint density at radius 2 is 1.75 bits per heavy atom. The molecule has 0 saturated carbocycles. The van der Waals surface area contributed by atoms with Gasteiger partial charge in [-0.2, -0.15) is 0 Å². The topological polar surface area (TPSA) is 85.2 Å². The molecular formula is C29H27NO5S. The van der Waals surface area contributed by atoms with Gasteiger partial charge in [-0.1, -0.05) is 73.3 Å². The van der Waals surface area contributed by atoms with Crippen LogP contribution in [0, 0.1) is 0 Å². The molecule has 1 N–H and O–H groups in total. The number of ether oxygens (including phenoxy) is 2.